The summed E-state index contributed by atoms with van der Waals surface area (Å²) < 4.78 is 53.0. The van der Waals surface area contributed by atoms with Gasteiger partial charge in [-0.15, -0.1) is 11.6 Å². The predicted molar refractivity (Wildman–Crippen MR) is 70.6 cm³/mol. The SMILES string of the molecule is CC(C)C(CCCl)NS(=O)(=O)c1cc(F)ccc1F. The van der Waals surface area contributed by atoms with Gasteiger partial charge >= 0.3 is 0 Å². The molecule has 1 atom stereocenters. The number of rotatable bonds is 6. The Bertz CT molecular complexity index is 535. The third-order valence-corrected chi connectivity index (χ3v) is 4.44. The molecular formula is C12H16ClF2NO2S. The molecule has 0 aliphatic heterocycles. The van der Waals surface area contributed by atoms with Crippen LogP contribution in [-0.2, 0) is 10.0 Å². The Balaban J connectivity index is 3.06. The third-order valence-electron chi connectivity index (χ3n) is 2.71. The molecular weight excluding hydrogens is 296 g/mol. The summed E-state index contributed by atoms with van der Waals surface area (Å²) in [5, 5.41) is 0. The van der Waals surface area contributed by atoms with E-state index >= 15 is 0 Å². The number of hydrogen-bond donors (Lipinski definition) is 1. The van der Waals surface area contributed by atoms with E-state index in [2.05, 4.69) is 4.72 Å². The molecule has 1 N–H and O–H groups in total. The van der Waals surface area contributed by atoms with Crippen molar-refractivity contribution in [1.82, 2.24) is 4.72 Å². The highest BCUT2D eigenvalue weighted by Crippen LogP contribution is 2.18. The van der Waals surface area contributed by atoms with Gasteiger partial charge in [0, 0.05) is 11.9 Å². The molecule has 108 valence electrons. The molecule has 0 saturated heterocycles. The van der Waals surface area contributed by atoms with Crippen molar-refractivity contribution in [3.8, 4) is 0 Å². The van der Waals surface area contributed by atoms with Gasteiger partial charge in [0.1, 0.15) is 16.5 Å². The van der Waals surface area contributed by atoms with E-state index in [1.807, 2.05) is 13.8 Å². The van der Waals surface area contributed by atoms with Crippen LogP contribution in [0.2, 0.25) is 0 Å². The summed E-state index contributed by atoms with van der Waals surface area (Å²) in [4.78, 5) is -0.687. The number of alkyl halides is 1. The highest BCUT2D eigenvalue weighted by molar-refractivity contribution is 7.89. The molecule has 7 heteroatoms. The van der Waals surface area contributed by atoms with Crippen molar-refractivity contribution in [2.75, 3.05) is 5.88 Å². The van der Waals surface area contributed by atoms with Crippen molar-refractivity contribution in [2.24, 2.45) is 5.92 Å². The molecule has 1 aromatic carbocycles. The molecule has 0 spiro atoms. The van der Waals surface area contributed by atoms with Crippen LogP contribution in [0, 0.1) is 17.6 Å². The molecule has 0 radical (unpaired) electrons. The summed E-state index contributed by atoms with van der Waals surface area (Å²) in [5.74, 6) is -1.52. The fourth-order valence-corrected chi connectivity index (χ4v) is 3.33. The second-order valence-corrected chi connectivity index (χ2v) is 6.58. The van der Waals surface area contributed by atoms with Crippen molar-refractivity contribution in [1.29, 1.82) is 0 Å². The number of sulfonamides is 1. The highest BCUT2D eigenvalue weighted by atomic mass is 35.5. The number of hydrogen-bond acceptors (Lipinski definition) is 2. The summed E-state index contributed by atoms with van der Waals surface area (Å²) in [6, 6.07) is 1.89. The molecule has 0 aliphatic rings. The van der Waals surface area contributed by atoms with E-state index in [1.54, 1.807) is 0 Å². The normalized spacial score (nSPS) is 13.8. The van der Waals surface area contributed by atoms with E-state index in [-0.39, 0.29) is 11.8 Å². The summed E-state index contributed by atoms with van der Waals surface area (Å²) in [6.07, 6.45) is 0.412. The van der Waals surface area contributed by atoms with Gasteiger partial charge in [0.2, 0.25) is 10.0 Å². The first-order chi connectivity index (χ1) is 8.77. The third kappa shape index (κ3) is 4.40. The molecule has 0 amide bonds. The Morgan fingerprint density at radius 3 is 2.47 bits per heavy atom. The van der Waals surface area contributed by atoms with Crippen molar-refractivity contribution in [2.45, 2.75) is 31.2 Å². The van der Waals surface area contributed by atoms with Crippen LogP contribution in [0.4, 0.5) is 8.78 Å². The Morgan fingerprint density at radius 1 is 1.32 bits per heavy atom. The molecule has 1 rings (SSSR count). The molecule has 0 saturated carbocycles. The zero-order chi connectivity index (χ0) is 14.6. The minimum absolute atomic E-state index is 0.00912. The Kier molecular flexibility index (Phi) is 5.70. The Hall–Kier alpha value is -0.720. The molecule has 1 aromatic rings. The minimum atomic E-state index is -4.10. The minimum Gasteiger partial charge on any atom is -0.208 e. The largest absolute Gasteiger partial charge is 0.243 e. The van der Waals surface area contributed by atoms with Crippen molar-refractivity contribution < 1.29 is 17.2 Å². The van der Waals surface area contributed by atoms with Gasteiger partial charge in [-0.3, -0.25) is 0 Å². The molecule has 0 heterocycles. The van der Waals surface area contributed by atoms with Crippen LogP contribution in [0.25, 0.3) is 0 Å². The van der Waals surface area contributed by atoms with Gasteiger partial charge < -0.3 is 0 Å². The van der Waals surface area contributed by atoms with Crippen LogP contribution >= 0.6 is 11.6 Å². The smallest absolute Gasteiger partial charge is 0.208 e. The van der Waals surface area contributed by atoms with Gasteiger partial charge in [-0.1, -0.05) is 13.8 Å². The molecule has 0 fully saturated rings. The first-order valence-corrected chi connectivity index (χ1v) is 7.83. The van der Waals surface area contributed by atoms with Crippen molar-refractivity contribution >= 4 is 21.6 Å². The van der Waals surface area contributed by atoms with E-state index in [9.17, 15) is 17.2 Å². The number of benzene rings is 1. The summed E-state index contributed by atoms with van der Waals surface area (Å²) in [6.45, 7) is 3.64. The lowest BCUT2D eigenvalue weighted by Gasteiger charge is -2.21. The molecule has 0 bridgehead atoms. The zero-order valence-corrected chi connectivity index (χ0v) is 12.2. The average Bonchev–Trinajstić information content (AvgIpc) is 2.31. The monoisotopic (exact) mass is 311 g/mol. The molecule has 19 heavy (non-hydrogen) atoms. The first-order valence-electron chi connectivity index (χ1n) is 5.81. The van der Waals surface area contributed by atoms with Crippen LogP contribution in [0.1, 0.15) is 20.3 Å². The van der Waals surface area contributed by atoms with Gasteiger partial charge in [-0.25, -0.2) is 21.9 Å². The van der Waals surface area contributed by atoms with Gasteiger partial charge in [-0.05, 0) is 30.5 Å². The second-order valence-electron chi connectivity index (χ2n) is 4.52. The van der Waals surface area contributed by atoms with E-state index in [1.165, 1.54) is 0 Å². The summed E-state index contributed by atoms with van der Waals surface area (Å²) in [7, 11) is -4.10. The van der Waals surface area contributed by atoms with Crippen LogP contribution in [0.15, 0.2) is 23.1 Å². The van der Waals surface area contributed by atoms with E-state index < -0.39 is 32.6 Å². The van der Waals surface area contributed by atoms with Crippen molar-refractivity contribution in [3.63, 3.8) is 0 Å². The fraction of sp³-hybridized carbons (Fsp3) is 0.500. The lowest BCUT2D eigenvalue weighted by atomic mass is 10.0. The first kappa shape index (κ1) is 16.3. The number of halogens is 3. The lowest BCUT2D eigenvalue weighted by Crippen LogP contribution is -2.39. The quantitative estimate of drug-likeness (QED) is 0.821. The van der Waals surface area contributed by atoms with Crippen LogP contribution in [-0.4, -0.2) is 20.3 Å². The maximum atomic E-state index is 13.5. The topological polar surface area (TPSA) is 46.2 Å². The average molecular weight is 312 g/mol. The molecule has 0 aromatic heterocycles. The van der Waals surface area contributed by atoms with Gasteiger partial charge in [0.25, 0.3) is 0 Å². The zero-order valence-electron chi connectivity index (χ0n) is 10.7. The lowest BCUT2D eigenvalue weighted by molar-refractivity contribution is 0.437. The van der Waals surface area contributed by atoms with Crippen LogP contribution in [0.5, 0.6) is 0 Å². The van der Waals surface area contributed by atoms with Crippen LogP contribution in [0.3, 0.4) is 0 Å². The predicted octanol–water partition coefficient (Wildman–Crippen LogP) is 2.90. The second kappa shape index (κ2) is 6.63. The van der Waals surface area contributed by atoms with Gasteiger partial charge in [0.15, 0.2) is 0 Å². The Morgan fingerprint density at radius 2 is 1.95 bits per heavy atom. The van der Waals surface area contributed by atoms with Crippen molar-refractivity contribution in [3.05, 3.63) is 29.8 Å². The molecule has 0 aliphatic carbocycles. The summed E-state index contributed by atoms with van der Waals surface area (Å²) in [5.41, 5.74) is 0. The van der Waals surface area contributed by atoms with Gasteiger partial charge in [-0.2, -0.15) is 0 Å². The highest BCUT2D eigenvalue weighted by Gasteiger charge is 2.25. The summed E-state index contributed by atoms with van der Waals surface area (Å²) >= 11 is 5.60. The maximum absolute atomic E-state index is 13.5. The molecule has 1 unspecified atom stereocenters. The Labute approximate surface area is 117 Å². The van der Waals surface area contributed by atoms with E-state index in [4.69, 9.17) is 11.6 Å². The van der Waals surface area contributed by atoms with E-state index in [0.29, 0.717) is 12.5 Å². The van der Waals surface area contributed by atoms with E-state index in [0.717, 1.165) is 12.1 Å². The van der Waals surface area contributed by atoms with Gasteiger partial charge in [0.05, 0.1) is 0 Å². The standard InChI is InChI=1S/C12H16ClF2NO2S/c1-8(2)11(5-6-13)16-19(17,18)12-7-9(14)3-4-10(12)15/h3-4,7-8,11,16H,5-6H2,1-2H3. The maximum Gasteiger partial charge on any atom is 0.243 e. The number of nitrogens with one attached hydrogen (secondary N) is 1. The molecule has 3 nitrogen and oxygen atoms in total. The van der Waals surface area contributed by atoms with Crippen LogP contribution < -0.4 is 4.72 Å². The fourth-order valence-electron chi connectivity index (χ4n) is 1.59.